The largest absolute Gasteiger partial charge is 0.399 e. The van der Waals surface area contributed by atoms with Crippen LogP contribution in [0.25, 0.3) is 0 Å². The number of halogens is 2. The van der Waals surface area contributed by atoms with Gasteiger partial charge in [-0.25, -0.2) is 8.78 Å². The average molecular weight is 228 g/mol. The van der Waals surface area contributed by atoms with Gasteiger partial charge in [0.1, 0.15) is 0 Å². The summed E-state index contributed by atoms with van der Waals surface area (Å²) < 4.78 is 24.0. The van der Waals surface area contributed by atoms with Crippen LogP contribution in [0, 0.1) is 0 Å². The van der Waals surface area contributed by atoms with Crippen LogP contribution in [-0.2, 0) is 5.41 Å². The van der Waals surface area contributed by atoms with Gasteiger partial charge in [-0.2, -0.15) is 0 Å². The van der Waals surface area contributed by atoms with E-state index in [1.54, 1.807) is 0 Å². The van der Waals surface area contributed by atoms with E-state index in [4.69, 9.17) is 5.73 Å². The molecule has 0 heterocycles. The zero-order valence-electron chi connectivity index (χ0n) is 9.63. The minimum Gasteiger partial charge on any atom is -0.399 e. The van der Waals surface area contributed by atoms with Crippen molar-refractivity contribution in [3.63, 3.8) is 0 Å². The summed E-state index contributed by atoms with van der Waals surface area (Å²) in [5.74, 6) is 0. The molecular weight excluding hydrogens is 210 g/mol. The van der Waals surface area contributed by atoms with Crippen LogP contribution in [0.15, 0.2) is 24.3 Å². The zero-order valence-corrected chi connectivity index (χ0v) is 9.63. The van der Waals surface area contributed by atoms with Gasteiger partial charge in [-0.05, 0) is 17.7 Å². The van der Waals surface area contributed by atoms with Gasteiger partial charge in [0.15, 0.2) is 0 Å². The van der Waals surface area contributed by atoms with Crippen LogP contribution in [0.2, 0.25) is 0 Å². The fourth-order valence-corrected chi connectivity index (χ4v) is 1.53. The Kier molecular flexibility index (Phi) is 4.24. The van der Waals surface area contributed by atoms with E-state index in [-0.39, 0.29) is 12.0 Å². The third kappa shape index (κ3) is 3.77. The molecule has 0 spiro atoms. The molecule has 0 atom stereocenters. The number of hydrogen-bond acceptors (Lipinski definition) is 2. The third-order valence-corrected chi connectivity index (χ3v) is 2.56. The Balaban J connectivity index is 2.59. The summed E-state index contributed by atoms with van der Waals surface area (Å²) in [5, 5.41) is 2.76. The van der Waals surface area contributed by atoms with Crippen LogP contribution in [-0.4, -0.2) is 19.5 Å². The Morgan fingerprint density at radius 1 is 1.25 bits per heavy atom. The van der Waals surface area contributed by atoms with Crippen LogP contribution in [0.1, 0.15) is 19.4 Å². The summed E-state index contributed by atoms with van der Waals surface area (Å²) in [7, 11) is 0. The second-order valence-corrected chi connectivity index (χ2v) is 4.53. The molecule has 0 saturated carbocycles. The fraction of sp³-hybridized carbons (Fsp3) is 0.500. The molecule has 4 heteroatoms. The van der Waals surface area contributed by atoms with Crippen molar-refractivity contribution in [2.45, 2.75) is 25.7 Å². The highest BCUT2D eigenvalue weighted by atomic mass is 19.3. The van der Waals surface area contributed by atoms with Crippen LogP contribution in [0.3, 0.4) is 0 Å². The number of nitrogen functional groups attached to an aromatic ring is 1. The van der Waals surface area contributed by atoms with E-state index in [1.165, 1.54) is 0 Å². The SMILES string of the molecule is CC(C)(CNCC(F)F)c1ccc(N)cc1. The first-order valence-electron chi connectivity index (χ1n) is 5.27. The lowest BCUT2D eigenvalue weighted by atomic mass is 9.84. The Morgan fingerprint density at radius 2 is 1.81 bits per heavy atom. The second kappa shape index (κ2) is 5.25. The Labute approximate surface area is 94.8 Å². The first-order valence-corrected chi connectivity index (χ1v) is 5.27. The molecule has 3 N–H and O–H groups in total. The highest BCUT2D eigenvalue weighted by Crippen LogP contribution is 2.23. The number of rotatable bonds is 5. The maximum Gasteiger partial charge on any atom is 0.250 e. The summed E-state index contributed by atoms with van der Waals surface area (Å²) in [5.41, 5.74) is 7.21. The number of alkyl halides is 2. The van der Waals surface area contributed by atoms with Gasteiger partial charge in [0.25, 0.3) is 6.43 Å². The maximum atomic E-state index is 12.0. The molecule has 16 heavy (non-hydrogen) atoms. The minimum atomic E-state index is -2.30. The van der Waals surface area contributed by atoms with Gasteiger partial charge in [-0.3, -0.25) is 0 Å². The van der Waals surface area contributed by atoms with Crippen LogP contribution in [0.4, 0.5) is 14.5 Å². The van der Waals surface area contributed by atoms with Crippen molar-refractivity contribution in [2.75, 3.05) is 18.8 Å². The van der Waals surface area contributed by atoms with E-state index in [1.807, 2.05) is 38.1 Å². The molecule has 0 saturated heterocycles. The van der Waals surface area contributed by atoms with Gasteiger partial charge in [0, 0.05) is 17.6 Å². The van der Waals surface area contributed by atoms with Crippen molar-refractivity contribution in [3.8, 4) is 0 Å². The van der Waals surface area contributed by atoms with Gasteiger partial charge < -0.3 is 11.1 Å². The summed E-state index contributed by atoms with van der Waals surface area (Å²) >= 11 is 0. The molecular formula is C12H18F2N2. The molecule has 0 bridgehead atoms. The van der Waals surface area contributed by atoms with Crippen molar-refractivity contribution in [1.82, 2.24) is 5.32 Å². The van der Waals surface area contributed by atoms with Crippen molar-refractivity contribution < 1.29 is 8.78 Å². The molecule has 0 aliphatic rings. The molecule has 0 radical (unpaired) electrons. The summed E-state index contributed by atoms with van der Waals surface area (Å²) in [6, 6.07) is 7.51. The molecule has 0 unspecified atom stereocenters. The highest BCUT2D eigenvalue weighted by Gasteiger charge is 2.20. The standard InChI is InChI=1S/C12H18F2N2/c1-12(2,8-16-7-11(13)14)9-3-5-10(15)6-4-9/h3-6,11,16H,7-8,15H2,1-2H3. The Morgan fingerprint density at radius 3 is 2.31 bits per heavy atom. The quantitative estimate of drug-likeness (QED) is 0.759. The Hall–Kier alpha value is -1.16. The molecule has 1 aromatic carbocycles. The molecule has 1 rings (SSSR count). The van der Waals surface area contributed by atoms with E-state index >= 15 is 0 Å². The van der Waals surface area contributed by atoms with Crippen LogP contribution < -0.4 is 11.1 Å². The summed E-state index contributed by atoms with van der Waals surface area (Å²) in [6.45, 7) is 4.27. The van der Waals surface area contributed by atoms with Crippen molar-refractivity contribution in [2.24, 2.45) is 0 Å². The molecule has 0 amide bonds. The third-order valence-electron chi connectivity index (χ3n) is 2.56. The molecule has 0 aromatic heterocycles. The lowest BCUT2D eigenvalue weighted by Crippen LogP contribution is -2.35. The lowest BCUT2D eigenvalue weighted by Gasteiger charge is -2.25. The summed E-state index contributed by atoms with van der Waals surface area (Å²) in [6.07, 6.45) is -2.30. The van der Waals surface area contributed by atoms with Gasteiger partial charge in [0.2, 0.25) is 0 Å². The van der Waals surface area contributed by atoms with Crippen LogP contribution in [0.5, 0.6) is 0 Å². The number of hydrogen-bond donors (Lipinski definition) is 2. The topological polar surface area (TPSA) is 38.0 Å². The molecule has 90 valence electrons. The summed E-state index contributed by atoms with van der Waals surface area (Å²) in [4.78, 5) is 0. The number of benzene rings is 1. The molecule has 2 nitrogen and oxygen atoms in total. The number of nitrogens with two attached hydrogens (primary N) is 1. The monoisotopic (exact) mass is 228 g/mol. The molecule has 0 aliphatic heterocycles. The normalized spacial score (nSPS) is 12.1. The van der Waals surface area contributed by atoms with Gasteiger partial charge in [-0.15, -0.1) is 0 Å². The van der Waals surface area contributed by atoms with Crippen molar-refractivity contribution in [1.29, 1.82) is 0 Å². The number of anilines is 1. The molecule has 0 aliphatic carbocycles. The highest BCUT2D eigenvalue weighted by molar-refractivity contribution is 5.41. The lowest BCUT2D eigenvalue weighted by molar-refractivity contribution is 0.144. The van der Waals surface area contributed by atoms with E-state index < -0.39 is 6.43 Å². The van der Waals surface area contributed by atoms with Gasteiger partial charge >= 0.3 is 0 Å². The predicted molar refractivity (Wildman–Crippen MR) is 62.8 cm³/mol. The average Bonchev–Trinajstić information content (AvgIpc) is 2.17. The van der Waals surface area contributed by atoms with E-state index in [9.17, 15) is 8.78 Å². The second-order valence-electron chi connectivity index (χ2n) is 4.53. The maximum absolute atomic E-state index is 12.0. The van der Waals surface area contributed by atoms with E-state index in [0.29, 0.717) is 12.2 Å². The first-order chi connectivity index (χ1) is 7.42. The van der Waals surface area contributed by atoms with Crippen molar-refractivity contribution in [3.05, 3.63) is 29.8 Å². The van der Waals surface area contributed by atoms with Gasteiger partial charge in [-0.1, -0.05) is 26.0 Å². The Bertz CT molecular complexity index is 320. The van der Waals surface area contributed by atoms with Crippen LogP contribution >= 0.6 is 0 Å². The first kappa shape index (κ1) is 12.9. The molecule has 0 fully saturated rings. The smallest absolute Gasteiger partial charge is 0.250 e. The van der Waals surface area contributed by atoms with E-state index in [0.717, 1.165) is 5.56 Å². The fourth-order valence-electron chi connectivity index (χ4n) is 1.53. The zero-order chi connectivity index (χ0) is 12.2. The van der Waals surface area contributed by atoms with Crippen molar-refractivity contribution >= 4 is 5.69 Å². The predicted octanol–water partition coefficient (Wildman–Crippen LogP) is 2.40. The van der Waals surface area contributed by atoms with E-state index in [2.05, 4.69) is 5.32 Å². The minimum absolute atomic E-state index is 0.178. The molecule has 1 aromatic rings. The van der Waals surface area contributed by atoms with Gasteiger partial charge in [0.05, 0.1) is 6.54 Å². The number of nitrogens with one attached hydrogen (secondary N) is 1.